The Morgan fingerprint density at radius 2 is 1.31 bits per heavy atom. The van der Waals surface area contributed by atoms with Crippen LogP contribution in [0.5, 0.6) is 0 Å². The third-order valence-electron chi connectivity index (χ3n) is 4.06. The number of benzene rings is 3. The molecule has 2 aliphatic rings. The lowest BCUT2D eigenvalue weighted by atomic mass is 9.92. The van der Waals surface area contributed by atoms with Crippen LogP contribution in [-0.4, -0.2) is 0 Å². The topological polar surface area (TPSA) is 30.2 Å². The summed E-state index contributed by atoms with van der Waals surface area (Å²) in [6.07, 6.45) is 0. The molecule has 0 bridgehead atoms. The van der Waals surface area contributed by atoms with Crippen LogP contribution in [0, 0.1) is 29.1 Å². The Kier molecular flexibility index (Phi) is 3.54. The van der Waals surface area contributed by atoms with Crippen molar-refractivity contribution in [1.29, 1.82) is 0 Å². The minimum atomic E-state index is -2.24. The zero-order valence-corrected chi connectivity index (χ0v) is 12.7. The van der Waals surface area contributed by atoms with Crippen LogP contribution in [0.15, 0.2) is 51.7 Å². The minimum Gasteiger partial charge on any atom is -0.456 e. The van der Waals surface area contributed by atoms with E-state index in [0.717, 1.165) is 12.1 Å². The molecule has 7 heteroatoms. The summed E-state index contributed by atoms with van der Waals surface area (Å²) in [5, 5.41) is 0.141. The highest BCUT2D eigenvalue weighted by Crippen LogP contribution is 2.42. The second kappa shape index (κ2) is 5.66. The van der Waals surface area contributed by atoms with Crippen molar-refractivity contribution < 1.29 is 26.4 Å². The first-order chi connectivity index (χ1) is 12.4. The van der Waals surface area contributed by atoms with E-state index in [1.54, 1.807) is 6.07 Å². The molecule has 0 saturated heterocycles. The fourth-order valence-electron chi connectivity index (χ4n) is 2.91. The van der Waals surface area contributed by atoms with Crippen LogP contribution in [0.2, 0.25) is 0 Å². The van der Waals surface area contributed by atoms with Crippen LogP contribution in [0.1, 0.15) is 0 Å². The second-order valence-corrected chi connectivity index (χ2v) is 5.58. The largest absolute Gasteiger partial charge is 0.456 e. The van der Waals surface area contributed by atoms with Crippen LogP contribution in [-0.2, 0) is 0 Å². The van der Waals surface area contributed by atoms with E-state index in [1.165, 1.54) is 24.3 Å². The van der Waals surface area contributed by atoms with Crippen molar-refractivity contribution in [3.05, 3.63) is 81.8 Å². The minimum absolute atomic E-state index is 0.0323. The SMILES string of the molecule is O=c1ccc2c(-c3c(F)c(F)c(F)c(F)c3F)c3ccccc3oc-2c1. The average molecular weight is 362 g/mol. The molecule has 0 spiro atoms. The van der Waals surface area contributed by atoms with Crippen LogP contribution >= 0.6 is 0 Å². The molecule has 26 heavy (non-hydrogen) atoms. The highest BCUT2D eigenvalue weighted by atomic mass is 19.2. The van der Waals surface area contributed by atoms with Gasteiger partial charge in [-0.05, 0) is 18.2 Å². The van der Waals surface area contributed by atoms with Crippen molar-refractivity contribution in [3.8, 4) is 22.5 Å². The molecule has 2 nitrogen and oxygen atoms in total. The summed E-state index contributed by atoms with van der Waals surface area (Å²) >= 11 is 0. The van der Waals surface area contributed by atoms with E-state index >= 15 is 0 Å². The third kappa shape index (κ3) is 2.20. The van der Waals surface area contributed by atoms with Gasteiger partial charge in [-0.1, -0.05) is 18.2 Å². The Balaban J connectivity index is 2.27. The van der Waals surface area contributed by atoms with Crippen LogP contribution in [0.3, 0.4) is 0 Å². The highest BCUT2D eigenvalue weighted by molar-refractivity contribution is 6.01. The van der Waals surface area contributed by atoms with Crippen LogP contribution in [0.4, 0.5) is 22.0 Å². The molecule has 0 radical (unpaired) electrons. The van der Waals surface area contributed by atoms with E-state index in [-0.39, 0.29) is 27.9 Å². The molecular weight excluding hydrogens is 355 g/mol. The lowest BCUT2D eigenvalue weighted by molar-refractivity contribution is 0.381. The summed E-state index contributed by atoms with van der Waals surface area (Å²) in [6.45, 7) is 0. The van der Waals surface area contributed by atoms with E-state index in [1.807, 2.05) is 0 Å². The van der Waals surface area contributed by atoms with Gasteiger partial charge in [0.15, 0.2) is 28.7 Å². The summed E-state index contributed by atoms with van der Waals surface area (Å²) in [7, 11) is 0. The lowest BCUT2D eigenvalue weighted by Gasteiger charge is -2.16. The molecule has 0 fully saturated rings. The monoisotopic (exact) mass is 362 g/mol. The van der Waals surface area contributed by atoms with Crippen molar-refractivity contribution in [1.82, 2.24) is 0 Å². The maximum atomic E-state index is 14.4. The fourth-order valence-corrected chi connectivity index (χ4v) is 2.91. The number of rotatable bonds is 1. The normalized spacial score (nSPS) is 11.4. The summed E-state index contributed by atoms with van der Waals surface area (Å²) in [4.78, 5) is 11.6. The molecule has 130 valence electrons. The second-order valence-electron chi connectivity index (χ2n) is 5.58. The molecule has 1 aliphatic carbocycles. The van der Waals surface area contributed by atoms with Gasteiger partial charge >= 0.3 is 0 Å². The predicted molar refractivity (Wildman–Crippen MR) is 84.3 cm³/mol. The first-order valence-electron chi connectivity index (χ1n) is 7.37. The number of hydrogen-bond acceptors (Lipinski definition) is 2. The molecule has 1 aliphatic heterocycles. The summed E-state index contributed by atoms with van der Waals surface area (Å²) in [5.74, 6) is -10.3. The average Bonchev–Trinajstić information content (AvgIpc) is 2.64. The van der Waals surface area contributed by atoms with Crippen molar-refractivity contribution in [2.45, 2.75) is 0 Å². The van der Waals surface area contributed by atoms with Crippen LogP contribution in [0.25, 0.3) is 33.4 Å². The number of para-hydroxylation sites is 1. The fraction of sp³-hybridized carbons (Fsp3) is 0. The summed E-state index contributed by atoms with van der Waals surface area (Å²) in [5.41, 5.74) is -1.57. The maximum Gasteiger partial charge on any atom is 0.200 e. The Bertz CT molecular complexity index is 1180. The smallest absolute Gasteiger partial charge is 0.200 e. The molecule has 4 rings (SSSR count). The maximum absolute atomic E-state index is 14.4. The van der Waals surface area contributed by atoms with Gasteiger partial charge in [-0.25, -0.2) is 22.0 Å². The third-order valence-corrected chi connectivity index (χ3v) is 4.06. The van der Waals surface area contributed by atoms with E-state index in [0.29, 0.717) is 0 Å². The Labute approximate surface area is 142 Å². The Morgan fingerprint density at radius 3 is 2.00 bits per heavy atom. The molecule has 0 amide bonds. The van der Waals surface area contributed by atoms with Gasteiger partial charge in [-0.3, -0.25) is 4.79 Å². The quantitative estimate of drug-likeness (QED) is 0.200. The molecule has 0 saturated carbocycles. The van der Waals surface area contributed by atoms with Crippen molar-refractivity contribution >= 4 is 11.0 Å². The predicted octanol–water partition coefficient (Wildman–Crippen LogP) is 5.26. The molecule has 1 heterocycles. The van der Waals surface area contributed by atoms with Gasteiger partial charge in [0.05, 0.1) is 5.56 Å². The van der Waals surface area contributed by atoms with Gasteiger partial charge in [-0.15, -0.1) is 0 Å². The molecule has 0 aromatic heterocycles. The van der Waals surface area contributed by atoms with Gasteiger partial charge in [0, 0.05) is 22.6 Å². The molecule has 2 aromatic rings. The zero-order valence-electron chi connectivity index (χ0n) is 12.7. The van der Waals surface area contributed by atoms with E-state index in [2.05, 4.69) is 0 Å². The van der Waals surface area contributed by atoms with E-state index < -0.39 is 40.1 Å². The van der Waals surface area contributed by atoms with Gasteiger partial charge in [0.2, 0.25) is 5.82 Å². The van der Waals surface area contributed by atoms with Crippen LogP contribution < -0.4 is 5.43 Å². The Morgan fingerprint density at radius 1 is 0.692 bits per heavy atom. The first kappa shape index (κ1) is 16.3. The highest BCUT2D eigenvalue weighted by Gasteiger charge is 2.30. The summed E-state index contributed by atoms with van der Waals surface area (Å²) < 4.78 is 75.2. The molecule has 0 atom stereocenters. The lowest BCUT2D eigenvalue weighted by Crippen LogP contribution is -2.06. The Hall–Kier alpha value is -3.22. The van der Waals surface area contributed by atoms with Gasteiger partial charge in [0.25, 0.3) is 0 Å². The van der Waals surface area contributed by atoms with Gasteiger partial charge in [0.1, 0.15) is 11.3 Å². The van der Waals surface area contributed by atoms with E-state index in [9.17, 15) is 26.7 Å². The van der Waals surface area contributed by atoms with Gasteiger partial charge in [-0.2, -0.15) is 0 Å². The first-order valence-corrected chi connectivity index (χ1v) is 7.37. The summed E-state index contributed by atoms with van der Waals surface area (Å²) in [6, 6.07) is 9.40. The van der Waals surface area contributed by atoms with Gasteiger partial charge < -0.3 is 4.42 Å². The molecule has 0 unspecified atom stereocenters. The molecule has 0 N–H and O–H groups in total. The zero-order chi connectivity index (χ0) is 18.6. The van der Waals surface area contributed by atoms with Crippen molar-refractivity contribution in [2.75, 3.05) is 0 Å². The molecular formula is C19H7F5O2. The number of halogens is 5. The van der Waals surface area contributed by atoms with Crippen molar-refractivity contribution in [2.24, 2.45) is 0 Å². The molecule has 2 aromatic carbocycles. The number of fused-ring (bicyclic) bond motifs is 2. The van der Waals surface area contributed by atoms with E-state index in [4.69, 9.17) is 4.42 Å². The van der Waals surface area contributed by atoms with Crippen molar-refractivity contribution in [3.63, 3.8) is 0 Å². The number of hydrogen-bond donors (Lipinski definition) is 0. The standard InChI is InChI=1S/C19H7F5O2/c20-15-14(16(21)18(23)19(24)17(15)22)13-9-3-1-2-4-11(9)26-12-7-8(25)5-6-10(12)13/h1-7H.